The van der Waals surface area contributed by atoms with Crippen LogP contribution in [0, 0.1) is 0 Å². The first-order chi connectivity index (χ1) is 6.56. The van der Waals surface area contributed by atoms with E-state index in [-0.39, 0.29) is 12.6 Å². The highest BCUT2D eigenvalue weighted by atomic mass is 79.9. The van der Waals surface area contributed by atoms with Gasteiger partial charge < -0.3 is 15.7 Å². The Morgan fingerprint density at radius 2 is 2.21 bits per heavy atom. The zero-order chi connectivity index (χ0) is 10.7. The fraction of sp³-hybridized carbons (Fsp3) is 0.400. The molecule has 0 radical (unpaired) electrons. The molecule has 1 unspecified atom stereocenters. The van der Waals surface area contributed by atoms with Crippen molar-refractivity contribution < 1.29 is 5.11 Å². The lowest BCUT2D eigenvalue weighted by Gasteiger charge is -2.26. The van der Waals surface area contributed by atoms with Crippen LogP contribution in [-0.2, 0) is 0 Å². The van der Waals surface area contributed by atoms with E-state index in [2.05, 4.69) is 15.9 Å². The van der Waals surface area contributed by atoms with Gasteiger partial charge in [-0.1, -0.05) is 0 Å². The molecule has 0 saturated carbocycles. The summed E-state index contributed by atoms with van der Waals surface area (Å²) in [6, 6.07) is 5.73. The average molecular weight is 259 g/mol. The van der Waals surface area contributed by atoms with Crippen molar-refractivity contribution in [2.45, 2.75) is 13.0 Å². The zero-order valence-corrected chi connectivity index (χ0v) is 9.95. The summed E-state index contributed by atoms with van der Waals surface area (Å²) < 4.78 is 0.945. The summed E-state index contributed by atoms with van der Waals surface area (Å²) in [5.74, 6) is 0. The highest BCUT2D eigenvalue weighted by Crippen LogP contribution is 2.28. The number of halogens is 1. The van der Waals surface area contributed by atoms with Gasteiger partial charge in [0, 0.05) is 23.2 Å². The van der Waals surface area contributed by atoms with Crippen molar-refractivity contribution in [2.24, 2.45) is 0 Å². The first-order valence-electron chi connectivity index (χ1n) is 4.45. The summed E-state index contributed by atoms with van der Waals surface area (Å²) in [6.45, 7) is 2.09. The fourth-order valence-corrected chi connectivity index (χ4v) is 1.85. The third-order valence-electron chi connectivity index (χ3n) is 2.28. The van der Waals surface area contributed by atoms with E-state index in [9.17, 15) is 0 Å². The predicted molar refractivity (Wildman–Crippen MR) is 63.5 cm³/mol. The van der Waals surface area contributed by atoms with Gasteiger partial charge in [-0.3, -0.25) is 0 Å². The molecule has 14 heavy (non-hydrogen) atoms. The van der Waals surface area contributed by atoms with Crippen molar-refractivity contribution in [1.29, 1.82) is 0 Å². The molecule has 1 atom stereocenters. The quantitative estimate of drug-likeness (QED) is 0.814. The molecular formula is C10H15BrN2O. The van der Waals surface area contributed by atoms with Crippen LogP contribution in [0.4, 0.5) is 11.4 Å². The number of nitrogens with two attached hydrogens (primary N) is 1. The van der Waals surface area contributed by atoms with Crippen LogP contribution in [-0.4, -0.2) is 24.8 Å². The minimum atomic E-state index is 0.0925. The van der Waals surface area contributed by atoms with Gasteiger partial charge in [0.1, 0.15) is 0 Å². The SMILES string of the molecule is CC(CO)N(C)c1ccc(N)cc1Br. The van der Waals surface area contributed by atoms with E-state index >= 15 is 0 Å². The minimum absolute atomic E-state index is 0.0925. The second-order valence-electron chi connectivity index (χ2n) is 3.35. The Morgan fingerprint density at radius 1 is 1.57 bits per heavy atom. The van der Waals surface area contributed by atoms with Crippen LogP contribution < -0.4 is 10.6 Å². The summed E-state index contributed by atoms with van der Waals surface area (Å²) in [4.78, 5) is 2.00. The molecule has 78 valence electrons. The molecular weight excluding hydrogens is 244 g/mol. The maximum Gasteiger partial charge on any atom is 0.0632 e. The highest BCUT2D eigenvalue weighted by molar-refractivity contribution is 9.10. The number of aliphatic hydroxyl groups is 1. The van der Waals surface area contributed by atoms with E-state index < -0.39 is 0 Å². The Morgan fingerprint density at radius 3 is 2.71 bits per heavy atom. The van der Waals surface area contributed by atoms with Crippen molar-refractivity contribution in [3.8, 4) is 0 Å². The lowest BCUT2D eigenvalue weighted by atomic mass is 10.2. The van der Waals surface area contributed by atoms with Crippen molar-refractivity contribution in [3.05, 3.63) is 22.7 Å². The van der Waals surface area contributed by atoms with Crippen LogP contribution in [0.15, 0.2) is 22.7 Å². The summed E-state index contributed by atoms with van der Waals surface area (Å²) >= 11 is 3.44. The van der Waals surface area contributed by atoms with Gasteiger partial charge in [-0.05, 0) is 41.1 Å². The van der Waals surface area contributed by atoms with Crippen molar-refractivity contribution in [3.63, 3.8) is 0 Å². The number of aliphatic hydroxyl groups excluding tert-OH is 1. The maximum absolute atomic E-state index is 9.03. The first-order valence-corrected chi connectivity index (χ1v) is 5.24. The Balaban J connectivity index is 2.95. The molecule has 0 saturated heterocycles. The summed E-state index contributed by atoms with van der Waals surface area (Å²) in [6.07, 6.45) is 0. The number of nitrogen functional groups attached to an aromatic ring is 1. The zero-order valence-electron chi connectivity index (χ0n) is 8.37. The average Bonchev–Trinajstić information content (AvgIpc) is 2.15. The molecule has 0 aliphatic carbocycles. The molecule has 1 aromatic rings. The van der Waals surface area contributed by atoms with Gasteiger partial charge in [-0.15, -0.1) is 0 Å². The van der Waals surface area contributed by atoms with Gasteiger partial charge in [0.25, 0.3) is 0 Å². The van der Waals surface area contributed by atoms with Crippen LogP contribution in [0.1, 0.15) is 6.92 Å². The third kappa shape index (κ3) is 2.39. The number of likely N-dealkylation sites (N-methyl/N-ethyl adjacent to an activating group) is 1. The molecule has 1 rings (SSSR count). The molecule has 0 amide bonds. The molecule has 0 aromatic heterocycles. The van der Waals surface area contributed by atoms with Crippen molar-refractivity contribution in [1.82, 2.24) is 0 Å². The molecule has 3 nitrogen and oxygen atoms in total. The first kappa shape index (κ1) is 11.3. The van der Waals surface area contributed by atoms with E-state index in [0.717, 1.165) is 15.8 Å². The highest BCUT2D eigenvalue weighted by Gasteiger charge is 2.11. The second kappa shape index (κ2) is 4.66. The molecule has 0 spiro atoms. The number of hydrogen-bond acceptors (Lipinski definition) is 3. The molecule has 0 fully saturated rings. The Bertz CT molecular complexity index is 317. The number of rotatable bonds is 3. The van der Waals surface area contributed by atoms with Crippen LogP contribution in [0.3, 0.4) is 0 Å². The van der Waals surface area contributed by atoms with Crippen LogP contribution in [0.5, 0.6) is 0 Å². The number of hydrogen-bond donors (Lipinski definition) is 2. The smallest absolute Gasteiger partial charge is 0.0632 e. The van der Waals surface area contributed by atoms with Crippen molar-refractivity contribution in [2.75, 3.05) is 24.3 Å². The molecule has 4 heteroatoms. The summed E-state index contributed by atoms with van der Waals surface area (Å²) in [5, 5.41) is 9.03. The van der Waals surface area contributed by atoms with Crippen molar-refractivity contribution >= 4 is 27.3 Å². The number of nitrogens with zero attached hydrogens (tertiary/aromatic N) is 1. The monoisotopic (exact) mass is 258 g/mol. The van der Waals surface area contributed by atoms with Crippen LogP contribution in [0.2, 0.25) is 0 Å². The van der Waals surface area contributed by atoms with E-state index in [0.29, 0.717) is 0 Å². The number of benzene rings is 1. The molecule has 0 heterocycles. The van der Waals surface area contributed by atoms with Gasteiger partial charge in [-0.25, -0.2) is 0 Å². The lowest BCUT2D eigenvalue weighted by molar-refractivity contribution is 0.270. The predicted octanol–water partition coefficient (Wildman–Crippen LogP) is 1.85. The molecule has 3 N–H and O–H groups in total. The third-order valence-corrected chi connectivity index (χ3v) is 2.91. The topological polar surface area (TPSA) is 49.5 Å². The van der Waals surface area contributed by atoms with Gasteiger partial charge >= 0.3 is 0 Å². The maximum atomic E-state index is 9.03. The van der Waals surface area contributed by atoms with Crippen LogP contribution >= 0.6 is 15.9 Å². The number of anilines is 2. The molecule has 0 aliphatic heterocycles. The second-order valence-corrected chi connectivity index (χ2v) is 4.21. The molecule has 0 bridgehead atoms. The summed E-state index contributed by atoms with van der Waals surface area (Å²) in [7, 11) is 1.94. The molecule has 1 aromatic carbocycles. The van der Waals surface area contributed by atoms with E-state index in [4.69, 9.17) is 10.8 Å². The van der Waals surface area contributed by atoms with Gasteiger partial charge in [0.15, 0.2) is 0 Å². The van der Waals surface area contributed by atoms with Gasteiger partial charge in [-0.2, -0.15) is 0 Å². The standard InChI is InChI=1S/C10H15BrN2O/c1-7(6-14)13(2)10-4-3-8(12)5-9(10)11/h3-5,7,14H,6,12H2,1-2H3. The summed E-state index contributed by atoms with van der Waals surface area (Å²) in [5.41, 5.74) is 7.39. The Labute approximate surface area is 92.7 Å². The van der Waals surface area contributed by atoms with E-state index in [1.807, 2.05) is 37.1 Å². The minimum Gasteiger partial charge on any atom is -0.399 e. The normalized spacial score (nSPS) is 12.6. The lowest BCUT2D eigenvalue weighted by Crippen LogP contribution is -2.31. The Hall–Kier alpha value is -0.740. The molecule has 0 aliphatic rings. The largest absolute Gasteiger partial charge is 0.399 e. The van der Waals surface area contributed by atoms with E-state index in [1.54, 1.807) is 0 Å². The Kier molecular flexibility index (Phi) is 3.77. The fourth-order valence-electron chi connectivity index (χ4n) is 1.17. The van der Waals surface area contributed by atoms with Gasteiger partial charge in [0.05, 0.1) is 12.3 Å². The van der Waals surface area contributed by atoms with Gasteiger partial charge in [0.2, 0.25) is 0 Å². The van der Waals surface area contributed by atoms with E-state index in [1.165, 1.54) is 0 Å². The van der Waals surface area contributed by atoms with Crippen LogP contribution in [0.25, 0.3) is 0 Å².